The van der Waals surface area contributed by atoms with Gasteiger partial charge in [0.2, 0.25) is 0 Å². The second kappa shape index (κ2) is 6.32. The predicted octanol–water partition coefficient (Wildman–Crippen LogP) is 1.47. The number of hydrogen-bond donors (Lipinski definition) is 2. The second-order valence-electron chi connectivity index (χ2n) is 4.45. The maximum Gasteiger partial charge on any atom is 0.166 e. The van der Waals surface area contributed by atoms with Gasteiger partial charge in [-0.05, 0) is 0 Å². The lowest BCUT2D eigenvalue weighted by Crippen LogP contribution is -2.43. The van der Waals surface area contributed by atoms with Crippen LogP contribution in [-0.4, -0.2) is 50.4 Å². The monoisotopic (exact) mass is 286 g/mol. The minimum atomic E-state index is 0.0180. The number of nitrogens with one attached hydrogen (secondary N) is 1. The second-order valence-corrected chi connectivity index (χ2v) is 4.83. The maximum atomic E-state index is 9.86. The fourth-order valence-corrected chi connectivity index (χ4v) is 2.47. The normalized spacial score (nSPS) is 16.4. The molecule has 0 atom stereocenters. The van der Waals surface area contributed by atoms with Crippen LogP contribution in [0.3, 0.4) is 0 Å². The molecule has 0 amide bonds. The van der Waals surface area contributed by atoms with Gasteiger partial charge in [0.15, 0.2) is 11.5 Å². The first kappa shape index (κ1) is 14.2. The van der Waals surface area contributed by atoms with Crippen LogP contribution in [0.5, 0.6) is 17.2 Å². The van der Waals surface area contributed by atoms with E-state index in [4.69, 9.17) is 21.1 Å². The molecule has 0 aromatic heterocycles. The molecule has 0 saturated carbocycles. The molecule has 106 valence electrons. The molecule has 2 rings (SSSR count). The highest BCUT2D eigenvalue weighted by Gasteiger charge is 2.21. The Morgan fingerprint density at radius 3 is 2.58 bits per heavy atom. The summed E-state index contributed by atoms with van der Waals surface area (Å²) in [4.78, 5) is 2.26. The SMILES string of the molecule is COc1cc(O)c(Cl)c(CN2CCNCC2)c1OC. The smallest absolute Gasteiger partial charge is 0.166 e. The zero-order valence-corrected chi connectivity index (χ0v) is 12.0. The molecule has 1 saturated heterocycles. The number of methoxy groups -OCH3 is 2. The Kier molecular flexibility index (Phi) is 4.74. The Balaban J connectivity index is 2.33. The van der Waals surface area contributed by atoms with Crippen molar-refractivity contribution < 1.29 is 14.6 Å². The van der Waals surface area contributed by atoms with Gasteiger partial charge in [0.25, 0.3) is 0 Å². The van der Waals surface area contributed by atoms with Gasteiger partial charge < -0.3 is 19.9 Å². The van der Waals surface area contributed by atoms with Crippen molar-refractivity contribution in [3.63, 3.8) is 0 Å². The molecule has 0 aliphatic carbocycles. The van der Waals surface area contributed by atoms with Crippen LogP contribution < -0.4 is 14.8 Å². The van der Waals surface area contributed by atoms with Gasteiger partial charge in [0.1, 0.15) is 5.75 Å². The summed E-state index contributed by atoms with van der Waals surface area (Å²) in [5, 5.41) is 13.5. The van der Waals surface area contributed by atoms with Crippen molar-refractivity contribution >= 4 is 11.6 Å². The third kappa shape index (κ3) is 3.05. The van der Waals surface area contributed by atoms with Crippen LogP contribution in [0.2, 0.25) is 5.02 Å². The largest absolute Gasteiger partial charge is 0.506 e. The highest BCUT2D eigenvalue weighted by molar-refractivity contribution is 6.33. The van der Waals surface area contributed by atoms with Crippen molar-refractivity contribution in [3.05, 3.63) is 16.7 Å². The molecule has 1 heterocycles. The molecule has 1 fully saturated rings. The summed E-state index contributed by atoms with van der Waals surface area (Å²) in [6, 6.07) is 1.47. The van der Waals surface area contributed by atoms with Gasteiger partial charge in [0, 0.05) is 44.4 Å². The quantitative estimate of drug-likeness (QED) is 0.878. The Morgan fingerprint density at radius 2 is 2.00 bits per heavy atom. The van der Waals surface area contributed by atoms with Gasteiger partial charge in [-0.1, -0.05) is 11.6 Å². The van der Waals surface area contributed by atoms with E-state index in [1.165, 1.54) is 6.07 Å². The van der Waals surface area contributed by atoms with E-state index in [0.29, 0.717) is 23.1 Å². The molecule has 1 aliphatic rings. The lowest BCUT2D eigenvalue weighted by Gasteiger charge is -2.28. The van der Waals surface area contributed by atoms with E-state index in [9.17, 15) is 5.11 Å². The number of piperazine rings is 1. The molecule has 0 bridgehead atoms. The van der Waals surface area contributed by atoms with Crippen LogP contribution in [0.4, 0.5) is 0 Å². The van der Waals surface area contributed by atoms with Crippen molar-refractivity contribution in [2.75, 3.05) is 40.4 Å². The summed E-state index contributed by atoms with van der Waals surface area (Å²) in [5.41, 5.74) is 0.767. The number of nitrogens with zero attached hydrogens (tertiary/aromatic N) is 1. The van der Waals surface area contributed by atoms with Crippen molar-refractivity contribution in [1.29, 1.82) is 0 Å². The molecule has 1 aromatic rings. The zero-order chi connectivity index (χ0) is 13.8. The number of ether oxygens (including phenoxy) is 2. The first-order valence-electron chi connectivity index (χ1n) is 6.22. The van der Waals surface area contributed by atoms with Crippen LogP contribution in [0.15, 0.2) is 6.07 Å². The molecule has 5 nitrogen and oxygen atoms in total. The van der Waals surface area contributed by atoms with Gasteiger partial charge in [-0.2, -0.15) is 0 Å². The topological polar surface area (TPSA) is 54.0 Å². The van der Waals surface area contributed by atoms with Crippen LogP contribution in [0, 0.1) is 0 Å². The van der Waals surface area contributed by atoms with Crippen molar-refractivity contribution in [2.24, 2.45) is 0 Å². The standard InChI is InChI=1S/C13H19ClN2O3/c1-18-11-7-10(17)12(14)9(13(11)19-2)8-16-5-3-15-4-6-16/h7,15,17H,3-6,8H2,1-2H3. The maximum absolute atomic E-state index is 9.86. The summed E-state index contributed by atoms with van der Waals surface area (Å²) in [6.45, 7) is 4.43. The first-order valence-corrected chi connectivity index (χ1v) is 6.60. The van der Waals surface area contributed by atoms with Crippen LogP contribution in [-0.2, 0) is 6.54 Å². The van der Waals surface area contributed by atoms with Gasteiger partial charge in [0.05, 0.1) is 19.2 Å². The average Bonchev–Trinajstić information content (AvgIpc) is 2.44. The highest BCUT2D eigenvalue weighted by atomic mass is 35.5. The Labute approximate surface area is 118 Å². The van der Waals surface area contributed by atoms with Gasteiger partial charge in [-0.15, -0.1) is 0 Å². The zero-order valence-electron chi connectivity index (χ0n) is 11.2. The number of hydrogen-bond acceptors (Lipinski definition) is 5. The number of aromatic hydroxyl groups is 1. The minimum Gasteiger partial charge on any atom is -0.506 e. The molecule has 0 unspecified atom stereocenters. The van der Waals surface area contributed by atoms with E-state index in [-0.39, 0.29) is 5.75 Å². The van der Waals surface area contributed by atoms with E-state index in [0.717, 1.165) is 31.7 Å². The van der Waals surface area contributed by atoms with E-state index in [1.807, 2.05) is 0 Å². The van der Waals surface area contributed by atoms with Crippen LogP contribution >= 0.6 is 11.6 Å². The summed E-state index contributed by atoms with van der Waals surface area (Å²) < 4.78 is 10.6. The van der Waals surface area contributed by atoms with Crippen molar-refractivity contribution in [1.82, 2.24) is 10.2 Å². The van der Waals surface area contributed by atoms with E-state index >= 15 is 0 Å². The Hall–Kier alpha value is -1.17. The molecule has 1 aromatic carbocycles. The minimum absolute atomic E-state index is 0.0180. The molecule has 2 N–H and O–H groups in total. The molecular weight excluding hydrogens is 268 g/mol. The number of phenols is 1. The first-order chi connectivity index (χ1) is 9.17. The van der Waals surface area contributed by atoms with Crippen molar-refractivity contribution in [2.45, 2.75) is 6.54 Å². The summed E-state index contributed by atoms with van der Waals surface area (Å²) in [7, 11) is 3.12. The summed E-state index contributed by atoms with van der Waals surface area (Å²) in [6.07, 6.45) is 0. The Morgan fingerprint density at radius 1 is 1.32 bits per heavy atom. The fraction of sp³-hybridized carbons (Fsp3) is 0.538. The number of benzene rings is 1. The molecular formula is C13H19ClN2O3. The van der Waals surface area contributed by atoms with E-state index in [2.05, 4.69) is 10.2 Å². The lowest BCUT2D eigenvalue weighted by atomic mass is 10.1. The lowest BCUT2D eigenvalue weighted by molar-refractivity contribution is 0.228. The molecule has 0 radical (unpaired) electrons. The van der Waals surface area contributed by atoms with Crippen molar-refractivity contribution in [3.8, 4) is 17.2 Å². The third-order valence-electron chi connectivity index (χ3n) is 3.27. The number of halogens is 1. The fourth-order valence-electron chi connectivity index (χ4n) is 2.27. The number of phenolic OH excluding ortho intramolecular Hbond substituents is 1. The average molecular weight is 287 g/mol. The summed E-state index contributed by atoms with van der Waals surface area (Å²) in [5.74, 6) is 1.10. The predicted molar refractivity (Wildman–Crippen MR) is 74.4 cm³/mol. The number of rotatable bonds is 4. The molecule has 6 heteroatoms. The Bertz CT molecular complexity index is 448. The summed E-state index contributed by atoms with van der Waals surface area (Å²) >= 11 is 6.20. The van der Waals surface area contributed by atoms with Gasteiger partial charge in [-0.25, -0.2) is 0 Å². The van der Waals surface area contributed by atoms with E-state index in [1.54, 1.807) is 14.2 Å². The highest BCUT2D eigenvalue weighted by Crippen LogP contribution is 2.42. The molecule has 19 heavy (non-hydrogen) atoms. The molecule has 0 spiro atoms. The van der Waals surface area contributed by atoms with Crippen LogP contribution in [0.25, 0.3) is 0 Å². The van der Waals surface area contributed by atoms with Gasteiger partial charge in [-0.3, -0.25) is 4.90 Å². The third-order valence-corrected chi connectivity index (χ3v) is 3.69. The van der Waals surface area contributed by atoms with E-state index < -0.39 is 0 Å². The molecule has 1 aliphatic heterocycles. The van der Waals surface area contributed by atoms with Crippen LogP contribution in [0.1, 0.15) is 5.56 Å². The van der Waals surface area contributed by atoms with Gasteiger partial charge >= 0.3 is 0 Å².